The quantitative estimate of drug-likeness (QED) is 0.476. The van der Waals surface area contributed by atoms with Crippen molar-refractivity contribution in [2.45, 2.75) is 45.2 Å². The molecule has 0 heterocycles. The molecule has 0 radical (unpaired) electrons. The minimum Gasteiger partial charge on any atom is -0.353 e. The molecule has 0 unspecified atom stereocenters. The van der Waals surface area contributed by atoms with E-state index in [0.29, 0.717) is 18.0 Å². The Bertz CT molecular complexity index is 159. The van der Waals surface area contributed by atoms with Crippen LogP contribution in [0.5, 0.6) is 0 Å². The van der Waals surface area contributed by atoms with Crippen LogP contribution >= 0.6 is 11.8 Å². The number of hydrogen-bond donors (Lipinski definition) is 1. The maximum absolute atomic E-state index is 5.47. The first kappa shape index (κ1) is 16.2. The molecule has 0 aliphatic heterocycles. The van der Waals surface area contributed by atoms with Gasteiger partial charge in [-0.25, -0.2) is 0 Å². The normalized spacial score (nSPS) is 12.4. The van der Waals surface area contributed by atoms with Crippen molar-refractivity contribution < 1.29 is 9.47 Å². The van der Waals surface area contributed by atoms with E-state index in [1.807, 2.05) is 25.6 Å². The molecule has 0 aromatic rings. The van der Waals surface area contributed by atoms with E-state index in [9.17, 15) is 0 Å². The minimum atomic E-state index is -0.0557. The second kappa shape index (κ2) is 9.28. The summed E-state index contributed by atoms with van der Waals surface area (Å²) in [7, 11) is 0. The number of nitrogens with one attached hydrogen (secondary N) is 1. The van der Waals surface area contributed by atoms with Gasteiger partial charge in [-0.3, -0.25) is 0 Å². The van der Waals surface area contributed by atoms with Gasteiger partial charge in [-0.2, -0.15) is 11.8 Å². The van der Waals surface area contributed by atoms with Crippen LogP contribution in [0, 0.1) is 0 Å². The molecule has 0 aromatic heterocycles. The van der Waals surface area contributed by atoms with Crippen molar-refractivity contribution >= 4 is 11.8 Å². The Labute approximate surface area is 105 Å². The van der Waals surface area contributed by atoms with Crippen molar-refractivity contribution in [3.63, 3.8) is 0 Å². The average Bonchev–Trinajstić information content (AvgIpc) is 2.25. The fourth-order valence-corrected chi connectivity index (χ4v) is 1.51. The standard InChI is InChI=1S/C12H27NO2S/c1-6-14-11(15-7-2)8-9-13-10-12(3,4)16-5/h11,13H,6-10H2,1-5H3. The molecule has 0 aliphatic rings. The van der Waals surface area contributed by atoms with Gasteiger partial charge in [-0.1, -0.05) is 0 Å². The Hall–Kier alpha value is 0.230. The summed E-state index contributed by atoms with van der Waals surface area (Å²) in [5.41, 5.74) is 0. The first-order chi connectivity index (χ1) is 7.55. The highest BCUT2D eigenvalue weighted by molar-refractivity contribution is 7.99. The molecule has 0 aromatic carbocycles. The Morgan fingerprint density at radius 3 is 2.19 bits per heavy atom. The fraction of sp³-hybridized carbons (Fsp3) is 1.00. The highest BCUT2D eigenvalue weighted by Gasteiger charge is 2.15. The first-order valence-corrected chi connectivity index (χ1v) is 7.27. The highest BCUT2D eigenvalue weighted by atomic mass is 32.2. The molecule has 0 bridgehead atoms. The highest BCUT2D eigenvalue weighted by Crippen LogP contribution is 2.19. The van der Waals surface area contributed by atoms with Crippen molar-refractivity contribution in [3.8, 4) is 0 Å². The van der Waals surface area contributed by atoms with Crippen LogP contribution in [-0.4, -0.2) is 43.6 Å². The number of ether oxygens (including phenoxy) is 2. The predicted molar refractivity (Wildman–Crippen MR) is 72.1 cm³/mol. The van der Waals surface area contributed by atoms with Crippen molar-refractivity contribution in [2.24, 2.45) is 0 Å². The maximum Gasteiger partial charge on any atom is 0.158 e. The van der Waals surface area contributed by atoms with Crippen LogP contribution < -0.4 is 5.32 Å². The summed E-state index contributed by atoms with van der Waals surface area (Å²) in [4.78, 5) is 0. The lowest BCUT2D eigenvalue weighted by atomic mass is 10.2. The van der Waals surface area contributed by atoms with Crippen molar-refractivity contribution in [1.82, 2.24) is 5.32 Å². The monoisotopic (exact) mass is 249 g/mol. The van der Waals surface area contributed by atoms with Gasteiger partial charge in [-0.05, 0) is 34.0 Å². The molecular formula is C12H27NO2S. The summed E-state index contributed by atoms with van der Waals surface area (Å²) < 4.78 is 11.2. The van der Waals surface area contributed by atoms with Crippen molar-refractivity contribution in [2.75, 3.05) is 32.6 Å². The molecule has 98 valence electrons. The van der Waals surface area contributed by atoms with E-state index in [1.165, 1.54) is 0 Å². The molecular weight excluding hydrogens is 222 g/mol. The van der Waals surface area contributed by atoms with Gasteiger partial charge in [0.2, 0.25) is 0 Å². The molecule has 0 rings (SSSR count). The predicted octanol–water partition coefficient (Wildman–Crippen LogP) is 2.51. The van der Waals surface area contributed by atoms with E-state index in [4.69, 9.17) is 9.47 Å². The van der Waals surface area contributed by atoms with Gasteiger partial charge in [0.15, 0.2) is 6.29 Å². The molecule has 0 atom stereocenters. The van der Waals surface area contributed by atoms with Gasteiger partial charge in [0, 0.05) is 37.5 Å². The van der Waals surface area contributed by atoms with Crippen LogP contribution in [0.2, 0.25) is 0 Å². The van der Waals surface area contributed by atoms with Gasteiger partial charge in [0.25, 0.3) is 0 Å². The molecule has 4 heteroatoms. The zero-order valence-corrected chi connectivity index (χ0v) is 12.2. The van der Waals surface area contributed by atoms with E-state index in [1.54, 1.807) is 0 Å². The molecule has 16 heavy (non-hydrogen) atoms. The van der Waals surface area contributed by atoms with E-state index in [0.717, 1.165) is 19.5 Å². The van der Waals surface area contributed by atoms with Gasteiger partial charge < -0.3 is 14.8 Å². The fourth-order valence-electron chi connectivity index (χ4n) is 1.27. The number of hydrogen-bond acceptors (Lipinski definition) is 4. The largest absolute Gasteiger partial charge is 0.353 e. The summed E-state index contributed by atoms with van der Waals surface area (Å²) in [6, 6.07) is 0. The minimum absolute atomic E-state index is 0.0557. The lowest BCUT2D eigenvalue weighted by Gasteiger charge is -2.23. The topological polar surface area (TPSA) is 30.5 Å². The first-order valence-electron chi connectivity index (χ1n) is 6.04. The molecule has 0 saturated heterocycles. The Morgan fingerprint density at radius 1 is 1.19 bits per heavy atom. The van der Waals surface area contributed by atoms with Gasteiger partial charge >= 0.3 is 0 Å². The summed E-state index contributed by atoms with van der Waals surface area (Å²) in [6.07, 6.45) is 3.00. The van der Waals surface area contributed by atoms with Crippen LogP contribution in [0.3, 0.4) is 0 Å². The third-order valence-electron chi connectivity index (χ3n) is 2.37. The van der Waals surface area contributed by atoms with E-state index in [-0.39, 0.29) is 6.29 Å². The third kappa shape index (κ3) is 8.39. The third-order valence-corrected chi connectivity index (χ3v) is 3.61. The van der Waals surface area contributed by atoms with Gasteiger partial charge in [0.05, 0.1) is 0 Å². The lowest BCUT2D eigenvalue weighted by Crippen LogP contribution is -2.34. The van der Waals surface area contributed by atoms with Crippen LogP contribution in [0.4, 0.5) is 0 Å². The van der Waals surface area contributed by atoms with Crippen molar-refractivity contribution in [1.29, 1.82) is 0 Å². The maximum atomic E-state index is 5.47. The average molecular weight is 249 g/mol. The molecule has 0 aliphatic carbocycles. The lowest BCUT2D eigenvalue weighted by molar-refractivity contribution is -0.138. The van der Waals surface area contributed by atoms with Crippen LogP contribution in [-0.2, 0) is 9.47 Å². The Morgan fingerprint density at radius 2 is 1.75 bits per heavy atom. The van der Waals surface area contributed by atoms with E-state index in [2.05, 4.69) is 25.4 Å². The van der Waals surface area contributed by atoms with Crippen LogP contribution in [0.1, 0.15) is 34.1 Å². The summed E-state index contributed by atoms with van der Waals surface area (Å²) in [5.74, 6) is 0. The zero-order chi connectivity index (χ0) is 12.4. The zero-order valence-electron chi connectivity index (χ0n) is 11.3. The SMILES string of the molecule is CCOC(CCNCC(C)(C)SC)OCC. The molecule has 0 fully saturated rings. The molecule has 3 nitrogen and oxygen atoms in total. The van der Waals surface area contributed by atoms with Gasteiger partial charge in [0.1, 0.15) is 0 Å². The molecule has 0 amide bonds. The van der Waals surface area contributed by atoms with Crippen molar-refractivity contribution in [3.05, 3.63) is 0 Å². The van der Waals surface area contributed by atoms with E-state index >= 15 is 0 Å². The second-order valence-corrected chi connectivity index (χ2v) is 5.78. The molecule has 1 N–H and O–H groups in total. The Kier molecular flexibility index (Phi) is 9.41. The van der Waals surface area contributed by atoms with E-state index < -0.39 is 0 Å². The molecule has 0 saturated carbocycles. The van der Waals surface area contributed by atoms with Crippen LogP contribution in [0.25, 0.3) is 0 Å². The Balaban J connectivity index is 3.61. The smallest absolute Gasteiger partial charge is 0.158 e. The summed E-state index contributed by atoms with van der Waals surface area (Å²) in [6.45, 7) is 11.8. The number of thioether (sulfide) groups is 1. The van der Waals surface area contributed by atoms with Gasteiger partial charge in [-0.15, -0.1) is 0 Å². The number of rotatable bonds is 10. The summed E-state index contributed by atoms with van der Waals surface area (Å²) in [5, 5.41) is 3.44. The van der Waals surface area contributed by atoms with Crippen LogP contribution in [0.15, 0.2) is 0 Å². The molecule has 0 spiro atoms. The second-order valence-electron chi connectivity index (χ2n) is 4.27. The summed E-state index contributed by atoms with van der Waals surface area (Å²) >= 11 is 1.88.